The minimum atomic E-state index is -0.355. The van der Waals surface area contributed by atoms with Crippen molar-refractivity contribution in [1.29, 1.82) is 0 Å². The molecule has 0 aromatic heterocycles. The normalized spacial score (nSPS) is 22.5. The van der Waals surface area contributed by atoms with E-state index < -0.39 is 0 Å². The van der Waals surface area contributed by atoms with Crippen LogP contribution in [-0.4, -0.2) is 24.3 Å². The fraction of sp³-hybridized carbons (Fsp3) is 0.278. The van der Waals surface area contributed by atoms with E-state index in [1.165, 1.54) is 0 Å². The first-order valence-electron chi connectivity index (χ1n) is 7.34. The highest BCUT2D eigenvalue weighted by Crippen LogP contribution is 2.43. The molecule has 0 radical (unpaired) electrons. The molecule has 0 N–H and O–H groups in total. The second-order valence-corrected chi connectivity index (χ2v) is 5.31. The number of cyclic esters (lactones) is 1. The van der Waals surface area contributed by atoms with E-state index >= 15 is 0 Å². The quantitative estimate of drug-likeness (QED) is 0.858. The topological polar surface area (TPSA) is 38.8 Å². The molecule has 114 valence electrons. The largest absolute Gasteiger partial charge is 0.439 e. The van der Waals surface area contributed by atoms with Crippen LogP contribution >= 0.6 is 0 Å². The molecular formula is C18H19NO3. The van der Waals surface area contributed by atoms with Crippen molar-refractivity contribution in [2.24, 2.45) is 0 Å². The zero-order valence-electron chi connectivity index (χ0n) is 12.7. The fourth-order valence-corrected chi connectivity index (χ4v) is 2.86. The average Bonchev–Trinajstić information content (AvgIpc) is 2.93. The van der Waals surface area contributed by atoms with Crippen molar-refractivity contribution in [3.05, 3.63) is 71.8 Å². The Bertz CT molecular complexity index is 629. The molecule has 4 heteroatoms. The van der Waals surface area contributed by atoms with E-state index in [2.05, 4.69) is 0 Å². The van der Waals surface area contributed by atoms with Gasteiger partial charge in [0.15, 0.2) is 6.10 Å². The SMILES string of the molecule is COC(C)N1C(=O)OC(c2ccccc2)C1c1ccccc1. The summed E-state index contributed by atoms with van der Waals surface area (Å²) >= 11 is 0. The van der Waals surface area contributed by atoms with E-state index in [-0.39, 0.29) is 24.5 Å². The lowest BCUT2D eigenvalue weighted by atomic mass is 9.95. The summed E-state index contributed by atoms with van der Waals surface area (Å²) in [6.07, 6.45) is -1.04. The lowest BCUT2D eigenvalue weighted by Gasteiger charge is -2.29. The number of carbonyl (C=O) groups excluding carboxylic acids is 1. The van der Waals surface area contributed by atoms with Crippen LogP contribution in [0.5, 0.6) is 0 Å². The molecule has 1 aliphatic heterocycles. The number of amides is 1. The Morgan fingerprint density at radius 3 is 2.09 bits per heavy atom. The summed E-state index contributed by atoms with van der Waals surface area (Å²) in [5.41, 5.74) is 2.02. The van der Waals surface area contributed by atoms with Gasteiger partial charge in [-0.3, -0.25) is 4.90 Å². The van der Waals surface area contributed by atoms with Crippen LogP contribution in [-0.2, 0) is 9.47 Å². The molecule has 1 fully saturated rings. The van der Waals surface area contributed by atoms with Gasteiger partial charge in [0.25, 0.3) is 0 Å². The lowest BCUT2D eigenvalue weighted by Crippen LogP contribution is -2.37. The van der Waals surface area contributed by atoms with E-state index in [1.807, 2.05) is 67.6 Å². The van der Waals surface area contributed by atoms with Gasteiger partial charge in [0.05, 0.1) is 0 Å². The maximum absolute atomic E-state index is 12.4. The standard InChI is InChI=1S/C18H19NO3/c1-13(21-2)19-16(14-9-5-3-6-10-14)17(22-18(19)20)15-11-7-4-8-12-15/h3-13,16-17H,1-2H3. The minimum Gasteiger partial charge on any atom is -0.439 e. The molecule has 1 aliphatic rings. The van der Waals surface area contributed by atoms with Crippen molar-refractivity contribution in [3.63, 3.8) is 0 Å². The molecule has 1 saturated heterocycles. The molecule has 1 heterocycles. The lowest BCUT2D eigenvalue weighted by molar-refractivity contribution is -0.00635. The Kier molecular flexibility index (Phi) is 4.11. The second-order valence-electron chi connectivity index (χ2n) is 5.31. The summed E-state index contributed by atoms with van der Waals surface area (Å²) in [6, 6.07) is 19.5. The molecule has 0 bridgehead atoms. The first kappa shape index (κ1) is 14.6. The van der Waals surface area contributed by atoms with Crippen molar-refractivity contribution in [2.75, 3.05) is 7.11 Å². The molecule has 0 spiro atoms. The molecule has 1 amide bonds. The van der Waals surface area contributed by atoms with Crippen LogP contribution in [0.4, 0.5) is 4.79 Å². The number of methoxy groups -OCH3 is 1. The van der Waals surface area contributed by atoms with Crippen LogP contribution in [0.15, 0.2) is 60.7 Å². The molecule has 2 aromatic carbocycles. The van der Waals surface area contributed by atoms with E-state index in [0.29, 0.717) is 0 Å². The van der Waals surface area contributed by atoms with Gasteiger partial charge in [0, 0.05) is 7.11 Å². The zero-order chi connectivity index (χ0) is 15.5. The molecule has 22 heavy (non-hydrogen) atoms. The van der Waals surface area contributed by atoms with Gasteiger partial charge in [-0.15, -0.1) is 0 Å². The Labute approximate surface area is 130 Å². The average molecular weight is 297 g/mol. The molecule has 0 aliphatic carbocycles. The van der Waals surface area contributed by atoms with Crippen molar-refractivity contribution >= 4 is 6.09 Å². The molecule has 2 aromatic rings. The Morgan fingerprint density at radius 2 is 1.55 bits per heavy atom. The molecule has 3 atom stereocenters. The third kappa shape index (κ3) is 2.57. The van der Waals surface area contributed by atoms with Gasteiger partial charge in [0.2, 0.25) is 0 Å². The van der Waals surface area contributed by atoms with Crippen molar-refractivity contribution in [1.82, 2.24) is 4.90 Å². The second kappa shape index (κ2) is 6.20. The number of hydrogen-bond acceptors (Lipinski definition) is 3. The van der Waals surface area contributed by atoms with Gasteiger partial charge >= 0.3 is 6.09 Å². The van der Waals surface area contributed by atoms with Crippen LogP contribution in [0.2, 0.25) is 0 Å². The van der Waals surface area contributed by atoms with Gasteiger partial charge in [-0.25, -0.2) is 4.79 Å². The van der Waals surface area contributed by atoms with E-state index in [9.17, 15) is 4.79 Å². The number of ether oxygens (including phenoxy) is 2. The predicted molar refractivity (Wildman–Crippen MR) is 83.2 cm³/mol. The smallest absolute Gasteiger partial charge is 0.413 e. The van der Waals surface area contributed by atoms with Crippen LogP contribution in [0.1, 0.15) is 30.2 Å². The number of nitrogens with zero attached hydrogens (tertiary/aromatic N) is 1. The van der Waals surface area contributed by atoms with E-state index in [1.54, 1.807) is 12.0 Å². The van der Waals surface area contributed by atoms with Crippen LogP contribution < -0.4 is 0 Å². The highest BCUT2D eigenvalue weighted by atomic mass is 16.6. The van der Waals surface area contributed by atoms with Crippen molar-refractivity contribution in [2.45, 2.75) is 25.3 Å². The van der Waals surface area contributed by atoms with Gasteiger partial charge in [-0.05, 0) is 18.1 Å². The van der Waals surface area contributed by atoms with Gasteiger partial charge in [-0.2, -0.15) is 0 Å². The van der Waals surface area contributed by atoms with Crippen LogP contribution in [0.25, 0.3) is 0 Å². The third-order valence-electron chi connectivity index (χ3n) is 4.03. The molecule has 3 rings (SSSR count). The summed E-state index contributed by atoms with van der Waals surface area (Å²) in [6.45, 7) is 1.85. The number of benzene rings is 2. The summed E-state index contributed by atoms with van der Waals surface area (Å²) in [5.74, 6) is 0. The maximum atomic E-state index is 12.4. The number of hydrogen-bond donors (Lipinski definition) is 0. The Morgan fingerprint density at radius 1 is 1.00 bits per heavy atom. The Balaban J connectivity index is 2.04. The van der Waals surface area contributed by atoms with Crippen molar-refractivity contribution < 1.29 is 14.3 Å². The molecule has 4 nitrogen and oxygen atoms in total. The minimum absolute atomic E-state index is 0.203. The maximum Gasteiger partial charge on any atom is 0.413 e. The number of rotatable bonds is 4. The Hall–Kier alpha value is -2.33. The first-order chi connectivity index (χ1) is 10.7. The summed E-state index contributed by atoms with van der Waals surface area (Å²) in [7, 11) is 1.59. The van der Waals surface area contributed by atoms with Crippen LogP contribution in [0, 0.1) is 0 Å². The van der Waals surface area contributed by atoms with Gasteiger partial charge in [0.1, 0.15) is 12.3 Å². The highest BCUT2D eigenvalue weighted by molar-refractivity contribution is 5.72. The van der Waals surface area contributed by atoms with E-state index in [4.69, 9.17) is 9.47 Å². The monoisotopic (exact) mass is 297 g/mol. The van der Waals surface area contributed by atoms with Crippen molar-refractivity contribution in [3.8, 4) is 0 Å². The number of carbonyl (C=O) groups is 1. The molecular weight excluding hydrogens is 278 g/mol. The van der Waals surface area contributed by atoms with Gasteiger partial charge in [-0.1, -0.05) is 60.7 Å². The highest BCUT2D eigenvalue weighted by Gasteiger charge is 2.45. The zero-order valence-corrected chi connectivity index (χ0v) is 12.7. The predicted octanol–water partition coefficient (Wildman–Crippen LogP) is 3.91. The van der Waals surface area contributed by atoms with E-state index in [0.717, 1.165) is 11.1 Å². The summed E-state index contributed by atoms with van der Waals surface area (Å²) in [5, 5.41) is 0. The van der Waals surface area contributed by atoms with Crippen LogP contribution in [0.3, 0.4) is 0 Å². The summed E-state index contributed by atoms with van der Waals surface area (Å²) in [4.78, 5) is 14.0. The first-order valence-corrected chi connectivity index (χ1v) is 7.34. The molecule has 3 unspecified atom stereocenters. The molecule has 0 saturated carbocycles. The van der Waals surface area contributed by atoms with Gasteiger partial charge < -0.3 is 9.47 Å². The third-order valence-corrected chi connectivity index (χ3v) is 4.03. The fourth-order valence-electron chi connectivity index (χ4n) is 2.86. The summed E-state index contributed by atoms with van der Waals surface area (Å²) < 4.78 is 11.0.